The van der Waals surface area contributed by atoms with E-state index in [4.69, 9.17) is 9.47 Å². The first kappa shape index (κ1) is 23.0. The van der Waals surface area contributed by atoms with Crippen LogP contribution < -0.4 is 0 Å². The van der Waals surface area contributed by atoms with Gasteiger partial charge in [-0.05, 0) is 51.9 Å². The van der Waals surface area contributed by atoms with Crippen LogP contribution in [0.1, 0.15) is 98.3 Å². The van der Waals surface area contributed by atoms with E-state index in [1.54, 1.807) is 0 Å². The minimum Gasteiger partial charge on any atom is -0.465 e. The smallest absolute Gasteiger partial charge is 0.309 e. The van der Waals surface area contributed by atoms with Gasteiger partial charge in [0.15, 0.2) is 0 Å². The van der Waals surface area contributed by atoms with Gasteiger partial charge in [-0.25, -0.2) is 0 Å². The number of carbonyl (C=O) groups excluding carboxylic acids is 2. The highest BCUT2D eigenvalue weighted by atomic mass is 16.5. The lowest BCUT2D eigenvalue weighted by Gasteiger charge is -2.26. The second-order valence-corrected chi connectivity index (χ2v) is 8.51. The summed E-state index contributed by atoms with van der Waals surface area (Å²) in [5.74, 6) is 0.550. The molecule has 1 aliphatic carbocycles. The summed E-state index contributed by atoms with van der Waals surface area (Å²) < 4.78 is 10.7. The molecule has 0 atom stereocenters. The van der Waals surface area contributed by atoms with Crippen LogP contribution in [0.25, 0.3) is 0 Å². The monoisotopic (exact) mass is 368 g/mol. The molecule has 26 heavy (non-hydrogen) atoms. The maximum atomic E-state index is 12.2. The van der Waals surface area contributed by atoms with Gasteiger partial charge in [0.25, 0.3) is 0 Å². The number of ether oxygens (including phenoxy) is 2. The van der Waals surface area contributed by atoms with Gasteiger partial charge in [0, 0.05) is 0 Å². The molecular formula is C22H40O4. The van der Waals surface area contributed by atoms with Gasteiger partial charge in [-0.2, -0.15) is 0 Å². The molecule has 0 aromatic rings. The summed E-state index contributed by atoms with van der Waals surface area (Å²) in [6.45, 7) is 8.83. The fourth-order valence-corrected chi connectivity index (χ4v) is 3.55. The van der Waals surface area contributed by atoms with Crippen LogP contribution in [0.2, 0.25) is 0 Å². The zero-order chi connectivity index (χ0) is 19.4. The molecule has 1 fully saturated rings. The first-order valence-electron chi connectivity index (χ1n) is 10.8. The zero-order valence-electron chi connectivity index (χ0n) is 17.4. The Labute approximate surface area is 160 Å². The van der Waals surface area contributed by atoms with Crippen LogP contribution in [-0.2, 0) is 19.1 Å². The summed E-state index contributed by atoms with van der Waals surface area (Å²) in [5.41, 5.74) is 0. The predicted octanol–water partition coefficient (Wildman–Crippen LogP) is 5.67. The first-order chi connectivity index (χ1) is 12.4. The van der Waals surface area contributed by atoms with Gasteiger partial charge in [0.1, 0.15) is 0 Å². The lowest BCUT2D eigenvalue weighted by Crippen LogP contribution is -2.29. The van der Waals surface area contributed by atoms with Crippen LogP contribution in [-0.4, -0.2) is 24.6 Å². The molecule has 152 valence electrons. The minimum absolute atomic E-state index is 0.0332. The van der Waals surface area contributed by atoms with E-state index in [0.29, 0.717) is 6.61 Å². The highest BCUT2D eigenvalue weighted by Gasteiger charge is 2.31. The van der Waals surface area contributed by atoms with Crippen molar-refractivity contribution in [2.24, 2.45) is 17.8 Å². The largest absolute Gasteiger partial charge is 0.465 e. The molecule has 1 aliphatic rings. The van der Waals surface area contributed by atoms with Crippen molar-refractivity contribution in [3.8, 4) is 0 Å². The predicted molar refractivity (Wildman–Crippen MR) is 105 cm³/mol. The quantitative estimate of drug-likeness (QED) is 0.329. The van der Waals surface area contributed by atoms with Gasteiger partial charge in [-0.15, -0.1) is 0 Å². The van der Waals surface area contributed by atoms with Crippen LogP contribution in [0.5, 0.6) is 0 Å². The molecule has 0 aliphatic heterocycles. The highest BCUT2D eigenvalue weighted by Crippen LogP contribution is 2.30. The third-order valence-corrected chi connectivity index (χ3v) is 5.17. The molecular weight excluding hydrogens is 328 g/mol. The summed E-state index contributed by atoms with van der Waals surface area (Å²) in [6.07, 6.45) is 11.5. The van der Waals surface area contributed by atoms with Gasteiger partial charge in [-0.1, -0.05) is 52.4 Å². The molecule has 0 unspecified atom stereocenters. The lowest BCUT2D eigenvalue weighted by atomic mass is 9.82. The van der Waals surface area contributed by atoms with Crippen molar-refractivity contribution in [2.45, 2.75) is 104 Å². The van der Waals surface area contributed by atoms with Crippen molar-refractivity contribution in [1.82, 2.24) is 0 Å². The molecule has 0 aromatic heterocycles. The second kappa shape index (κ2) is 13.2. The molecule has 1 saturated carbocycles. The minimum atomic E-state index is -0.111. The number of hydrogen-bond acceptors (Lipinski definition) is 4. The maximum absolute atomic E-state index is 12.2. The topological polar surface area (TPSA) is 52.6 Å². The molecule has 0 spiro atoms. The van der Waals surface area contributed by atoms with E-state index >= 15 is 0 Å². The maximum Gasteiger partial charge on any atom is 0.309 e. The third kappa shape index (κ3) is 10.2. The van der Waals surface area contributed by atoms with Crippen LogP contribution >= 0.6 is 0 Å². The standard InChI is InChI=1S/C22H40O4/c1-17(2)11-9-7-5-6-8-10-16-25-21(23)19-12-14-20(15-13-19)22(24)26-18(3)4/h17-20H,5-16H2,1-4H3. The molecule has 0 aromatic carbocycles. The summed E-state index contributed by atoms with van der Waals surface area (Å²) in [7, 11) is 0. The third-order valence-electron chi connectivity index (χ3n) is 5.17. The van der Waals surface area contributed by atoms with Crippen LogP contribution in [0, 0.1) is 17.8 Å². The Kier molecular flexibility index (Phi) is 11.6. The molecule has 0 bridgehead atoms. The number of hydrogen-bond donors (Lipinski definition) is 0. The Morgan fingerprint density at radius 3 is 1.81 bits per heavy atom. The van der Waals surface area contributed by atoms with Crippen LogP contribution in [0.15, 0.2) is 0 Å². The van der Waals surface area contributed by atoms with Crippen molar-refractivity contribution < 1.29 is 19.1 Å². The number of carbonyl (C=O) groups is 2. The molecule has 4 heteroatoms. The Hall–Kier alpha value is -1.06. The molecule has 0 amide bonds. The average Bonchev–Trinajstić information content (AvgIpc) is 2.59. The Morgan fingerprint density at radius 1 is 0.769 bits per heavy atom. The van der Waals surface area contributed by atoms with Crippen molar-refractivity contribution in [3.63, 3.8) is 0 Å². The van der Waals surface area contributed by atoms with Crippen molar-refractivity contribution in [2.75, 3.05) is 6.61 Å². The average molecular weight is 369 g/mol. The van der Waals surface area contributed by atoms with E-state index in [1.807, 2.05) is 13.8 Å². The van der Waals surface area contributed by atoms with Crippen molar-refractivity contribution in [3.05, 3.63) is 0 Å². The SMILES string of the molecule is CC(C)CCCCCCCCOC(=O)C1CCC(C(=O)OC(C)C)CC1. The van der Waals surface area contributed by atoms with E-state index in [9.17, 15) is 9.59 Å². The van der Waals surface area contributed by atoms with Gasteiger partial charge in [0.2, 0.25) is 0 Å². The molecule has 0 radical (unpaired) electrons. The fraction of sp³-hybridized carbons (Fsp3) is 0.909. The van der Waals surface area contributed by atoms with Crippen LogP contribution in [0.4, 0.5) is 0 Å². The van der Waals surface area contributed by atoms with E-state index in [-0.39, 0.29) is 29.9 Å². The molecule has 4 nitrogen and oxygen atoms in total. The lowest BCUT2D eigenvalue weighted by molar-refractivity contribution is -0.157. The first-order valence-corrected chi connectivity index (χ1v) is 10.8. The summed E-state index contributed by atoms with van der Waals surface area (Å²) in [4.78, 5) is 24.1. The van der Waals surface area contributed by atoms with Crippen LogP contribution in [0.3, 0.4) is 0 Å². The Morgan fingerprint density at radius 2 is 1.27 bits per heavy atom. The van der Waals surface area contributed by atoms with Gasteiger partial charge >= 0.3 is 11.9 Å². The molecule has 0 N–H and O–H groups in total. The second-order valence-electron chi connectivity index (χ2n) is 8.51. The van der Waals surface area contributed by atoms with E-state index < -0.39 is 0 Å². The van der Waals surface area contributed by atoms with Crippen molar-refractivity contribution >= 4 is 11.9 Å². The number of unbranched alkanes of at least 4 members (excludes halogenated alkanes) is 5. The normalized spacial score (nSPS) is 20.4. The van der Waals surface area contributed by atoms with E-state index in [2.05, 4.69) is 13.8 Å². The Balaban J connectivity index is 2.03. The number of esters is 2. The zero-order valence-corrected chi connectivity index (χ0v) is 17.4. The summed E-state index contributed by atoms with van der Waals surface area (Å²) in [6, 6.07) is 0. The van der Waals surface area contributed by atoms with Gasteiger partial charge in [0.05, 0.1) is 24.5 Å². The Bertz CT molecular complexity index is 395. The number of rotatable bonds is 12. The van der Waals surface area contributed by atoms with Gasteiger partial charge in [-0.3, -0.25) is 9.59 Å². The van der Waals surface area contributed by atoms with Gasteiger partial charge < -0.3 is 9.47 Å². The summed E-state index contributed by atoms with van der Waals surface area (Å²) >= 11 is 0. The van der Waals surface area contributed by atoms with E-state index in [0.717, 1.165) is 44.4 Å². The van der Waals surface area contributed by atoms with E-state index in [1.165, 1.54) is 32.1 Å². The highest BCUT2D eigenvalue weighted by molar-refractivity contribution is 5.75. The molecule has 0 saturated heterocycles. The molecule has 0 heterocycles. The summed E-state index contributed by atoms with van der Waals surface area (Å²) in [5, 5.41) is 0. The molecule has 1 rings (SSSR count). The van der Waals surface area contributed by atoms with Crippen molar-refractivity contribution in [1.29, 1.82) is 0 Å². The fourth-order valence-electron chi connectivity index (χ4n) is 3.55.